The summed E-state index contributed by atoms with van der Waals surface area (Å²) in [6, 6.07) is 24.0. The second kappa shape index (κ2) is 6.06. The van der Waals surface area contributed by atoms with Crippen LogP contribution in [0.5, 0.6) is 0 Å². The molecule has 0 saturated carbocycles. The van der Waals surface area contributed by atoms with Crippen LogP contribution in [0.4, 0.5) is 0 Å². The molecule has 0 saturated heterocycles. The molecule has 0 aliphatic carbocycles. The van der Waals surface area contributed by atoms with E-state index in [9.17, 15) is 4.79 Å². The Hall–Kier alpha value is -3.13. The average molecular weight is 326 g/mol. The molecule has 1 heterocycles. The summed E-state index contributed by atoms with van der Waals surface area (Å²) in [5.41, 5.74) is 4.70. The predicted molar refractivity (Wildman–Crippen MR) is 103 cm³/mol. The Morgan fingerprint density at radius 3 is 2.00 bits per heavy atom. The second-order valence-electron chi connectivity index (χ2n) is 6.33. The molecule has 0 aliphatic heterocycles. The summed E-state index contributed by atoms with van der Waals surface area (Å²) in [5, 5.41) is 1.60. The molecule has 0 amide bonds. The van der Waals surface area contributed by atoms with Gasteiger partial charge in [0.1, 0.15) is 5.76 Å². The molecule has 0 fully saturated rings. The second-order valence-corrected chi connectivity index (χ2v) is 6.33. The Kier molecular flexibility index (Phi) is 3.73. The first-order valence-electron chi connectivity index (χ1n) is 8.34. The lowest BCUT2D eigenvalue weighted by Crippen LogP contribution is -2.05. The van der Waals surface area contributed by atoms with E-state index in [1.54, 1.807) is 0 Å². The number of hydrogen-bond donors (Lipinski definition) is 0. The Morgan fingerprint density at radius 1 is 0.760 bits per heavy atom. The normalized spacial score (nSPS) is 11.0. The van der Waals surface area contributed by atoms with Crippen molar-refractivity contribution in [2.75, 3.05) is 0 Å². The molecule has 1 aromatic heterocycles. The molecule has 0 unspecified atom stereocenters. The minimum absolute atomic E-state index is 0.286. The van der Waals surface area contributed by atoms with Crippen molar-refractivity contribution in [2.24, 2.45) is 0 Å². The molecular weight excluding hydrogens is 308 g/mol. The predicted octanol–water partition coefficient (Wildman–Crippen LogP) is 5.74. The van der Waals surface area contributed by atoms with E-state index in [2.05, 4.69) is 25.1 Å². The van der Waals surface area contributed by atoms with Gasteiger partial charge in [0.05, 0.1) is 5.39 Å². The van der Waals surface area contributed by atoms with Crippen molar-refractivity contribution in [2.45, 2.75) is 13.8 Å². The first-order chi connectivity index (χ1) is 12.1. The molecule has 0 spiro atoms. The van der Waals surface area contributed by atoms with Crippen molar-refractivity contribution in [3.05, 3.63) is 94.3 Å². The maximum atomic E-state index is 12.7. The fourth-order valence-electron chi connectivity index (χ4n) is 3.44. The summed E-state index contributed by atoms with van der Waals surface area (Å²) in [5.74, 6) is 0.620. The van der Waals surface area contributed by atoms with Crippen LogP contribution in [0.1, 0.15) is 11.1 Å². The largest absolute Gasteiger partial charge is 0.422 e. The topological polar surface area (TPSA) is 30.2 Å². The van der Waals surface area contributed by atoms with Gasteiger partial charge >= 0.3 is 5.63 Å². The van der Waals surface area contributed by atoms with Crippen LogP contribution in [0.3, 0.4) is 0 Å². The average Bonchev–Trinajstić information content (AvgIpc) is 2.62. The molecule has 4 rings (SSSR count). The van der Waals surface area contributed by atoms with Crippen molar-refractivity contribution in [1.82, 2.24) is 0 Å². The van der Waals surface area contributed by atoms with Gasteiger partial charge in [-0.05, 0) is 25.0 Å². The maximum Gasteiger partial charge on any atom is 0.344 e. The number of fused-ring (bicyclic) bond motifs is 1. The van der Waals surface area contributed by atoms with Crippen molar-refractivity contribution in [3.8, 4) is 22.5 Å². The zero-order valence-electron chi connectivity index (χ0n) is 14.2. The van der Waals surface area contributed by atoms with Gasteiger partial charge in [0.2, 0.25) is 0 Å². The monoisotopic (exact) mass is 326 g/mol. The van der Waals surface area contributed by atoms with E-state index in [4.69, 9.17) is 4.42 Å². The Morgan fingerprint density at radius 2 is 1.36 bits per heavy atom. The van der Waals surface area contributed by atoms with Gasteiger partial charge in [-0.3, -0.25) is 0 Å². The molecule has 0 bridgehead atoms. The molecular formula is C23H18O2. The van der Waals surface area contributed by atoms with Crippen molar-refractivity contribution >= 4 is 10.8 Å². The Labute approximate surface area is 146 Å². The zero-order chi connectivity index (χ0) is 17.4. The molecule has 25 heavy (non-hydrogen) atoms. The maximum absolute atomic E-state index is 12.7. The highest BCUT2D eigenvalue weighted by molar-refractivity contribution is 6.02. The third-order valence-electron chi connectivity index (χ3n) is 4.47. The lowest BCUT2D eigenvalue weighted by atomic mass is 9.93. The minimum Gasteiger partial charge on any atom is -0.422 e. The summed E-state index contributed by atoms with van der Waals surface area (Å²) in [7, 11) is 0. The first kappa shape index (κ1) is 15.4. The van der Waals surface area contributed by atoms with Crippen molar-refractivity contribution in [3.63, 3.8) is 0 Å². The van der Waals surface area contributed by atoms with Gasteiger partial charge in [-0.2, -0.15) is 0 Å². The van der Waals surface area contributed by atoms with Crippen molar-refractivity contribution in [1.29, 1.82) is 0 Å². The van der Waals surface area contributed by atoms with Gasteiger partial charge in [0.25, 0.3) is 0 Å². The third-order valence-corrected chi connectivity index (χ3v) is 4.47. The van der Waals surface area contributed by atoms with Crippen LogP contribution < -0.4 is 5.63 Å². The standard InChI is InChI=1S/C23H18O2/c1-15-13-16(2)20-19(14-15)21(17-9-5-3-6-10-17)22(25-23(20)24)18-11-7-4-8-12-18/h3-14H,1-2H3. The molecule has 0 aliphatic rings. The quantitative estimate of drug-likeness (QED) is 0.470. The fourth-order valence-corrected chi connectivity index (χ4v) is 3.44. The van der Waals surface area contributed by atoms with E-state index >= 15 is 0 Å². The van der Waals surface area contributed by atoms with Gasteiger partial charge in [-0.1, -0.05) is 78.4 Å². The smallest absolute Gasteiger partial charge is 0.344 e. The molecule has 0 atom stereocenters. The highest BCUT2D eigenvalue weighted by atomic mass is 16.4. The van der Waals surface area contributed by atoms with E-state index in [-0.39, 0.29) is 5.63 Å². The lowest BCUT2D eigenvalue weighted by Gasteiger charge is -2.14. The molecule has 2 heteroatoms. The van der Waals surface area contributed by atoms with Crippen LogP contribution in [0.25, 0.3) is 33.2 Å². The van der Waals surface area contributed by atoms with Crippen LogP contribution in [-0.2, 0) is 0 Å². The highest BCUT2D eigenvalue weighted by Gasteiger charge is 2.18. The molecule has 122 valence electrons. The van der Waals surface area contributed by atoms with E-state index in [0.717, 1.165) is 33.2 Å². The van der Waals surface area contributed by atoms with Gasteiger partial charge < -0.3 is 4.42 Å². The van der Waals surface area contributed by atoms with Crippen LogP contribution >= 0.6 is 0 Å². The Bertz CT molecular complexity index is 1110. The SMILES string of the molecule is Cc1cc(C)c2c(=O)oc(-c3ccccc3)c(-c3ccccc3)c2c1. The van der Waals surface area contributed by atoms with E-state index in [1.807, 2.05) is 61.5 Å². The van der Waals surface area contributed by atoms with Gasteiger partial charge in [0.15, 0.2) is 0 Å². The first-order valence-corrected chi connectivity index (χ1v) is 8.34. The minimum atomic E-state index is -0.286. The lowest BCUT2D eigenvalue weighted by molar-refractivity contribution is 0.536. The van der Waals surface area contributed by atoms with Crippen LogP contribution in [0.2, 0.25) is 0 Å². The van der Waals surface area contributed by atoms with Crippen LogP contribution in [0.15, 0.2) is 82.0 Å². The third kappa shape index (κ3) is 2.66. The summed E-state index contributed by atoms with van der Waals surface area (Å²) in [6.45, 7) is 4.02. The van der Waals surface area contributed by atoms with E-state index < -0.39 is 0 Å². The van der Waals surface area contributed by atoms with E-state index in [1.165, 1.54) is 0 Å². The Balaban J connectivity index is 2.21. The van der Waals surface area contributed by atoms with Crippen molar-refractivity contribution < 1.29 is 4.42 Å². The summed E-state index contributed by atoms with van der Waals surface area (Å²) in [4.78, 5) is 12.7. The highest BCUT2D eigenvalue weighted by Crippen LogP contribution is 2.37. The summed E-state index contributed by atoms with van der Waals surface area (Å²) in [6.07, 6.45) is 0. The molecule has 0 radical (unpaired) electrons. The number of aryl methyl sites for hydroxylation is 2. The zero-order valence-corrected chi connectivity index (χ0v) is 14.2. The molecule has 3 aromatic carbocycles. The fraction of sp³-hybridized carbons (Fsp3) is 0.0870. The van der Waals surface area contributed by atoms with Crippen LogP contribution in [0, 0.1) is 13.8 Å². The van der Waals surface area contributed by atoms with Gasteiger partial charge in [0, 0.05) is 16.5 Å². The summed E-state index contributed by atoms with van der Waals surface area (Å²) >= 11 is 0. The van der Waals surface area contributed by atoms with Gasteiger partial charge in [-0.15, -0.1) is 0 Å². The molecule has 0 N–H and O–H groups in total. The van der Waals surface area contributed by atoms with Crippen LogP contribution in [-0.4, -0.2) is 0 Å². The molecule has 2 nitrogen and oxygen atoms in total. The number of rotatable bonds is 2. The van der Waals surface area contributed by atoms with Gasteiger partial charge in [-0.25, -0.2) is 4.79 Å². The number of hydrogen-bond acceptors (Lipinski definition) is 2. The molecule has 4 aromatic rings. The number of benzene rings is 3. The summed E-state index contributed by atoms with van der Waals surface area (Å²) < 4.78 is 5.83. The van der Waals surface area contributed by atoms with E-state index in [0.29, 0.717) is 11.1 Å².